The summed E-state index contributed by atoms with van der Waals surface area (Å²) in [4.78, 5) is 14.5. The van der Waals surface area contributed by atoms with Crippen LogP contribution >= 0.6 is 15.9 Å². The summed E-state index contributed by atoms with van der Waals surface area (Å²) in [6.45, 7) is 9.04. The van der Waals surface area contributed by atoms with Gasteiger partial charge in [0.1, 0.15) is 0 Å². The molecule has 1 aromatic rings. The Morgan fingerprint density at radius 3 is 2.21 bits per heavy atom. The zero-order valence-corrected chi connectivity index (χ0v) is 13.7. The molecule has 0 aliphatic carbocycles. The van der Waals surface area contributed by atoms with Crippen LogP contribution in [-0.4, -0.2) is 30.3 Å². The molecule has 1 aromatic carbocycles. The predicted molar refractivity (Wildman–Crippen MR) is 84.7 cm³/mol. The van der Waals surface area contributed by atoms with E-state index in [4.69, 9.17) is 0 Å². The number of nitrogens with zero attached hydrogens (tertiary/aromatic N) is 1. The maximum atomic E-state index is 12.2. The first kappa shape index (κ1) is 16.4. The Bertz CT molecular complexity index is 384. The normalized spacial score (nSPS) is 11.3. The molecular formula is C16H24BrNO. The van der Waals surface area contributed by atoms with E-state index in [2.05, 4.69) is 41.6 Å². The maximum Gasteiger partial charge on any atom is 0.176 e. The lowest BCUT2D eigenvalue weighted by atomic mass is 10.0. The van der Waals surface area contributed by atoms with E-state index >= 15 is 0 Å². The molecule has 0 aliphatic heterocycles. The van der Waals surface area contributed by atoms with Crippen LogP contribution in [-0.2, 0) is 0 Å². The number of rotatable bonds is 8. The van der Waals surface area contributed by atoms with E-state index in [9.17, 15) is 4.79 Å². The van der Waals surface area contributed by atoms with Gasteiger partial charge < -0.3 is 0 Å². The van der Waals surface area contributed by atoms with Crippen LogP contribution in [0.4, 0.5) is 0 Å². The van der Waals surface area contributed by atoms with Crippen LogP contribution in [0.3, 0.4) is 0 Å². The van der Waals surface area contributed by atoms with Gasteiger partial charge in [0.25, 0.3) is 0 Å². The van der Waals surface area contributed by atoms with Gasteiger partial charge in [-0.3, -0.25) is 9.69 Å². The Balaban J connectivity index is 2.60. The van der Waals surface area contributed by atoms with Crippen molar-refractivity contribution in [1.29, 1.82) is 0 Å². The number of hydrogen-bond acceptors (Lipinski definition) is 2. The molecule has 0 fully saturated rings. The van der Waals surface area contributed by atoms with E-state index < -0.39 is 0 Å². The summed E-state index contributed by atoms with van der Waals surface area (Å²) >= 11 is 3.39. The number of benzene rings is 1. The molecule has 0 radical (unpaired) electrons. The summed E-state index contributed by atoms with van der Waals surface area (Å²) in [7, 11) is 0. The summed E-state index contributed by atoms with van der Waals surface area (Å²) in [6, 6.07) is 7.61. The number of likely N-dealkylation sites (N-methyl/N-ethyl adjacent to an activating group) is 1. The lowest BCUT2D eigenvalue weighted by Gasteiger charge is -2.24. The van der Waals surface area contributed by atoms with Crippen molar-refractivity contribution in [1.82, 2.24) is 4.90 Å². The second-order valence-electron chi connectivity index (χ2n) is 4.94. The van der Waals surface area contributed by atoms with E-state index in [1.807, 2.05) is 24.3 Å². The van der Waals surface area contributed by atoms with Crippen molar-refractivity contribution in [2.24, 2.45) is 5.92 Å². The highest BCUT2D eigenvalue weighted by Gasteiger charge is 2.14. The van der Waals surface area contributed by atoms with E-state index in [1.54, 1.807) is 0 Å². The summed E-state index contributed by atoms with van der Waals surface area (Å²) in [5.74, 6) is 0.901. The average Bonchev–Trinajstić information content (AvgIpc) is 2.43. The van der Waals surface area contributed by atoms with Gasteiger partial charge in [-0.05, 0) is 24.6 Å². The molecule has 19 heavy (non-hydrogen) atoms. The molecule has 0 N–H and O–H groups in total. The SMILES string of the molecule is CCC(CC)CN(CC)CC(=O)c1ccc(Br)cc1. The standard InChI is InChI=1S/C16H24BrNO/c1-4-13(5-2)11-18(6-3)12-16(19)14-7-9-15(17)10-8-14/h7-10,13H,4-6,11-12H2,1-3H3. The smallest absolute Gasteiger partial charge is 0.176 e. The molecule has 0 saturated carbocycles. The second-order valence-corrected chi connectivity index (χ2v) is 5.86. The van der Waals surface area contributed by atoms with Crippen molar-refractivity contribution in [3.8, 4) is 0 Å². The number of ketones is 1. The van der Waals surface area contributed by atoms with Crippen LogP contribution in [0.25, 0.3) is 0 Å². The van der Waals surface area contributed by atoms with Gasteiger partial charge in [-0.2, -0.15) is 0 Å². The number of carbonyl (C=O) groups is 1. The highest BCUT2D eigenvalue weighted by molar-refractivity contribution is 9.10. The molecule has 0 aromatic heterocycles. The Hall–Kier alpha value is -0.670. The first-order chi connectivity index (χ1) is 9.10. The minimum absolute atomic E-state index is 0.209. The van der Waals surface area contributed by atoms with E-state index in [0.717, 1.165) is 23.1 Å². The third kappa shape index (κ3) is 5.45. The first-order valence-electron chi connectivity index (χ1n) is 7.11. The molecule has 3 heteroatoms. The van der Waals surface area contributed by atoms with E-state index in [0.29, 0.717) is 12.5 Å². The number of hydrogen-bond donors (Lipinski definition) is 0. The number of carbonyl (C=O) groups excluding carboxylic acids is 1. The van der Waals surface area contributed by atoms with Crippen molar-refractivity contribution in [3.63, 3.8) is 0 Å². The summed E-state index contributed by atoms with van der Waals surface area (Å²) < 4.78 is 1.01. The Morgan fingerprint density at radius 2 is 1.74 bits per heavy atom. The lowest BCUT2D eigenvalue weighted by Crippen LogP contribution is -2.34. The average molecular weight is 326 g/mol. The highest BCUT2D eigenvalue weighted by Crippen LogP contribution is 2.13. The zero-order chi connectivity index (χ0) is 14.3. The molecule has 2 nitrogen and oxygen atoms in total. The van der Waals surface area contributed by atoms with Gasteiger partial charge in [-0.1, -0.05) is 61.7 Å². The summed E-state index contributed by atoms with van der Waals surface area (Å²) in [6.07, 6.45) is 2.36. The predicted octanol–water partition coefficient (Wildman–Crippen LogP) is 4.39. The number of Topliss-reactive ketones (excluding diaryl/α,β-unsaturated/α-hetero) is 1. The highest BCUT2D eigenvalue weighted by atomic mass is 79.9. The summed E-state index contributed by atoms with van der Waals surface area (Å²) in [5, 5.41) is 0. The van der Waals surface area contributed by atoms with Crippen LogP contribution in [0.5, 0.6) is 0 Å². The second kappa shape index (κ2) is 8.49. The molecule has 0 amide bonds. The van der Waals surface area contributed by atoms with Crippen LogP contribution in [0.15, 0.2) is 28.7 Å². The minimum Gasteiger partial charge on any atom is -0.296 e. The fourth-order valence-corrected chi connectivity index (χ4v) is 2.41. The molecule has 0 heterocycles. The molecule has 0 aliphatic rings. The van der Waals surface area contributed by atoms with Crippen LogP contribution in [0, 0.1) is 5.92 Å². The fraction of sp³-hybridized carbons (Fsp3) is 0.562. The van der Waals surface area contributed by atoms with Gasteiger partial charge in [0.05, 0.1) is 6.54 Å². The molecule has 1 rings (SSSR count). The molecule has 0 bridgehead atoms. The fourth-order valence-electron chi connectivity index (χ4n) is 2.15. The van der Waals surface area contributed by atoms with Crippen molar-refractivity contribution in [2.45, 2.75) is 33.6 Å². The monoisotopic (exact) mass is 325 g/mol. The van der Waals surface area contributed by atoms with Crippen LogP contribution in [0.2, 0.25) is 0 Å². The number of halogens is 1. The Kier molecular flexibility index (Phi) is 7.32. The van der Waals surface area contributed by atoms with Gasteiger partial charge in [0.2, 0.25) is 0 Å². The minimum atomic E-state index is 0.209. The molecule has 106 valence electrons. The Morgan fingerprint density at radius 1 is 1.16 bits per heavy atom. The third-order valence-electron chi connectivity index (χ3n) is 3.65. The quantitative estimate of drug-likeness (QED) is 0.660. The molecule has 0 atom stereocenters. The van der Waals surface area contributed by atoms with Gasteiger partial charge in [0.15, 0.2) is 5.78 Å². The van der Waals surface area contributed by atoms with Gasteiger partial charge >= 0.3 is 0 Å². The van der Waals surface area contributed by atoms with E-state index in [-0.39, 0.29) is 5.78 Å². The van der Waals surface area contributed by atoms with Crippen molar-refractivity contribution >= 4 is 21.7 Å². The summed E-state index contributed by atoms with van der Waals surface area (Å²) in [5.41, 5.74) is 0.797. The zero-order valence-electron chi connectivity index (χ0n) is 12.2. The topological polar surface area (TPSA) is 20.3 Å². The third-order valence-corrected chi connectivity index (χ3v) is 4.18. The largest absolute Gasteiger partial charge is 0.296 e. The lowest BCUT2D eigenvalue weighted by molar-refractivity contribution is 0.0920. The molecule has 0 spiro atoms. The Labute approximate surface area is 125 Å². The van der Waals surface area contributed by atoms with E-state index in [1.165, 1.54) is 12.8 Å². The molecule has 0 saturated heterocycles. The van der Waals surface area contributed by atoms with Crippen molar-refractivity contribution in [2.75, 3.05) is 19.6 Å². The molecular weight excluding hydrogens is 302 g/mol. The van der Waals surface area contributed by atoms with Gasteiger partial charge in [0, 0.05) is 16.6 Å². The molecule has 0 unspecified atom stereocenters. The maximum absolute atomic E-state index is 12.2. The first-order valence-corrected chi connectivity index (χ1v) is 7.91. The van der Waals surface area contributed by atoms with Crippen LogP contribution < -0.4 is 0 Å². The van der Waals surface area contributed by atoms with Gasteiger partial charge in [-0.15, -0.1) is 0 Å². The van der Waals surface area contributed by atoms with Crippen LogP contribution in [0.1, 0.15) is 44.0 Å². The van der Waals surface area contributed by atoms with Crippen molar-refractivity contribution < 1.29 is 4.79 Å². The van der Waals surface area contributed by atoms with Gasteiger partial charge in [-0.25, -0.2) is 0 Å². The van der Waals surface area contributed by atoms with Crippen molar-refractivity contribution in [3.05, 3.63) is 34.3 Å².